The van der Waals surface area contributed by atoms with Crippen molar-refractivity contribution >= 4 is 15.7 Å². The van der Waals surface area contributed by atoms with Gasteiger partial charge in [-0.05, 0) is 48.7 Å². The molecular formula is C17H17F2NO3S. The first kappa shape index (κ1) is 16.9. The SMILES string of the molecule is O=S(=O)(C[C@@H]1CCCO1)Nc1ccc(F)cc1-c1ccc(F)cc1. The lowest BCUT2D eigenvalue weighted by molar-refractivity contribution is 0.127. The second kappa shape index (κ2) is 6.86. The van der Waals surface area contributed by atoms with E-state index < -0.39 is 21.7 Å². The van der Waals surface area contributed by atoms with Gasteiger partial charge in [0.05, 0.1) is 17.5 Å². The molecule has 2 aromatic carbocycles. The van der Waals surface area contributed by atoms with E-state index in [-0.39, 0.29) is 17.5 Å². The first-order valence-corrected chi connectivity index (χ1v) is 9.26. The molecule has 1 N–H and O–H groups in total. The van der Waals surface area contributed by atoms with E-state index in [9.17, 15) is 17.2 Å². The van der Waals surface area contributed by atoms with E-state index in [0.717, 1.165) is 6.42 Å². The maximum Gasteiger partial charge on any atom is 0.235 e. The number of anilines is 1. The van der Waals surface area contributed by atoms with Gasteiger partial charge in [0, 0.05) is 12.2 Å². The Kier molecular flexibility index (Phi) is 4.82. The van der Waals surface area contributed by atoms with Gasteiger partial charge in [-0.15, -0.1) is 0 Å². The average molecular weight is 353 g/mol. The largest absolute Gasteiger partial charge is 0.377 e. The summed E-state index contributed by atoms with van der Waals surface area (Å²) in [6.07, 6.45) is 1.23. The molecule has 1 aliphatic heterocycles. The molecule has 0 bridgehead atoms. The van der Waals surface area contributed by atoms with Gasteiger partial charge in [-0.1, -0.05) is 12.1 Å². The Morgan fingerprint density at radius 3 is 2.46 bits per heavy atom. The first-order chi connectivity index (χ1) is 11.4. The van der Waals surface area contributed by atoms with Crippen LogP contribution in [-0.2, 0) is 14.8 Å². The monoisotopic (exact) mass is 353 g/mol. The van der Waals surface area contributed by atoms with E-state index in [1.54, 1.807) is 0 Å². The Hall–Kier alpha value is -1.99. The molecule has 1 heterocycles. The molecule has 0 radical (unpaired) electrons. The predicted molar refractivity (Wildman–Crippen MR) is 88.2 cm³/mol. The summed E-state index contributed by atoms with van der Waals surface area (Å²) in [5, 5.41) is 0. The van der Waals surface area contributed by atoms with Crippen molar-refractivity contribution < 1.29 is 21.9 Å². The first-order valence-electron chi connectivity index (χ1n) is 7.60. The number of hydrogen-bond acceptors (Lipinski definition) is 3. The highest BCUT2D eigenvalue weighted by Gasteiger charge is 2.24. The van der Waals surface area contributed by atoms with Crippen molar-refractivity contribution in [2.75, 3.05) is 17.1 Å². The second-order valence-electron chi connectivity index (χ2n) is 5.72. The fourth-order valence-electron chi connectivity index (χ4n) is 2.70. The fourth-order valence-corrected chi connectivity index (χ4v) is 4.05. The molecule has 24 heavy (non-hydrogen) atoms. The predicted octanol–water partition coefficient (Wildman–Crippen LogP) is 3.55. The van der Waals surface area contributed by atoms with E-state index >= 15 is 0 Å². The molecule has 4 nitrogen and oxygen atoms in total. The maximum absolute atomic E-state index is 13.6. The third-order valence-electron chi connectivity index (χ3n) is 3.83. The summed E-state index contributed by atoms with van der Waals surface area (Å²) in [5.41, 5.74) is 1.12. The van der Waals surface area contributed by atoms with E-state index in [4.69, 9.17) is 4.74 Å². The topological polar surface area (TPSA) is 55.4 Å². The van der Waals surface area contributed by atoms with Crippen LogP contribution in [0.3, 0.4) is 0 Å². The molecule has 3 rings (SSSR count). The lowest BCUT2D eigenvalue weighted by atomic mass is 10.0. The van der Waals surface area contributed by atoms with E-state index in [1.807, 2.05) is 0 Å². The summed E-state index contributed by atoms with van der Waals surface area (Å²) in [4.78, 5) is 0. The number of sulfonamides is 1. The van der Waals surface area contributed by atoms with Gasteiger partial charge in [-0.2, -0.15) is 0 Å². The molecule has 1 fully saturated rings. The molecule has 7 heteroatoms. The summed E-state index contributed by atoms with van der Waals surface area (Å²) in [7, 11) is -3.64. The van der Waals surface area contributed by atoms with Crippen LogP contribution in [0.5, 0.6) is 0 Å². The molecule has 0 saturated carbocycles. The quantitative estimate of drug-likeness (QED) is 0.894. The lowest BCUT2D eigenvalue weighted by Crippen LogP contribution is -2.25. The molecule has 0 unspecified atom stereocenters. The Morgan fingerprint density at radius 2 is 1.79 bits per heavy atom. The van der Waals surface area contributed by atoms with Gasteiger partial charge >= 0.3 is 0 Å². The van der Waals surface area contributed by atoms with Gasteiger partial charge in [-0.3, -0.25) is 4.72 Å². The Morgan fingerprint density at radius 1 is 1.08 bits per heavy atom. The zero-order valence-corrected chi connectivity index (χ0v) is 13.7. The number of hydrogen-bond donors (Lipinski definition) is 1. The fraction of sp³-hybridized carbons (Fsp3) is 0.294. The summed E-state index contributed by atoms with van der Waals surface area (Å²) in [6, 6.07) is 9.19. The molecule has 0 aromatic heterocycles. The van der Waals surface area contributed by atoms with Crippen LogP contribution >= 0.6 is 0 Å². The van der Waals surface area contributed by atoms with Gasteiger partial charge in [0.25, 0.3) is 0 Å². The van der Waals surface area contributed by atoms with Gasteiger partial charge in [0.2, 0.25) is 10.0 Å². The number of nitrogens with one attached hydrogen (secondary N) is 1. The van der Waals surface area contributed by atoms with Crippen molar-refractivity contribution in [3.63, 3.8) is 0 Å². The molecule has 1 aliphatic rings. The van der Waals surface area contributed by atoms with Crippen molar-refractivity contribution in [1.82, 2.24) is 0 Å². The third-order valence-corrected chi connectivity index (χ3v) is 5.17. The van der Waals surface area contributed by atoms with Crippen LogP contribution < -0.4 is 4.72 Å². The third kappa shape index (κ3) is 4.10. The maximum atomic E-state index is 13.6. The number of ether oxygens (including phenoxy) is 1. The Bertz CT molecular complexity index is 816. The van der Waals surface area contributed by atoms with Gasteiger partial charge in [0.1, 0.15) is 11.6 Å². The Labute approximate surface area is 139 Å². The van der Waals surface area contributed by atoms with Crippen molar-refractivity contribution in [3.05, 3.63) is 54.1 Å². The Balaban J connectivity index is 1.88. The van der Waals surface area contributed by atoms with Crippen LogP contribution in [0.2, 0.25) is 0 Å². The molecule has 0 amide bonds. The van der Waals surface area contributed by atoms with Crippen LogP contribution in [0.4, 0.5) is 14.5 Å². The van der Waals surface area contributed by atoms with Crippen molar-refractivity contribution in [3.8, 4) is 11.1 Å². The van der Waals surface area contributed by atoms with Crippen LogP contribution in [0, 0.1) is 11.6 Å². The van der Waals surface area contributed by atoms with E-state index in [1.165, 1.54) is 42.5 Å². The highest BCUT2D eigenvalue weighted by Crippen LogP contribution is 2.30. The minimum Gasteiger partial charge on any atom is -0.377 e. The van der Waals surface area contributed by atoms with Crippen LogP contribution in [0.15, 0.2) is 42.5 Å². The van der Waals surface area contributed by atoms with Crippen molar-refractivity contribution in [2.45, 2.75) is 18.9 Å². The summed E-state index contributed by atoms with van der Waals surface area (Å²) in [6.45, 7) is 0.567. The molecular weight excluding hydrogens is 336 g/mol. The molecule has 1 atom stereocenters. The molecule has 0 spiro atoms. The van der Waals surface area contributed by atoms with Gasteiger partial charge in [0.15, 0.2) is 0 Å². The highest BCUT2D eigenvalue weighted by atomic mass is 32.2. The van der Waals surface area contributed by atoms with Gasteiger partial charge in [-0.25, -0.2) is 17.2 Å². The van der Waals surface area contributed by atoms with E-state index in [2.05, 4.69) is 4.72 Å². The van der Waals surface area contributed by atoms with Gasteiger partial charge < -0.3 is 4.74 Å². The summed E-state index contributed by atoms with van der Waals surface area (Å²) < 4.78 is 59.2. The molecule has 1 saturated heterocycles. The number of rotatable bonds is 5. The lowest BCUT2D eigenvalue weighted by Gasteiger charge is -2.15. The molecule has 0 aliphatic carbocycles. The van der Waals surface area contributed by atoms with Crippen molar-refractivity contribution in [2.24, 2.45) is 0 Å². The van der Waals surface area contributed by atoms with Crippen LogP contribution in [-0.4, -0.2) is 26.9 Å². The standard InChI is InChI=1S/C17H17F2NO3S/c18-13-5-3-12(4-6-13)16-10-14(19)7-8-17(16)20-24(21,22)11-15-2-1-9-23-15/h3-8,10,15,20H,1-2,9,11H2/t15-/m0/s1. The van der Waals surface area contributed by atoms with Crippen LogP contribution in [0.1, 0.15) is 12.8 Å². The smallest absolute Gasteiger partial charge is 0.235 e. The average Bonchev–Trinajstić information content (AvgIpc) is 3.02. The molecule has 2 aromatic rings. The molecule has 128 valence electrons. The number of halogens is 2. The normalized spacial score (nSPS) is 17.8. The summed E-state index contributed by atoms with van der Waals surface area (Å²) >= 11 is 0. The van der Waals surface area contributed by atoms with Crippen molar-refractivity contribution in [1.29, 1.82) is 0 Å². The zero-order valence-electron chi connectivity index (χ0n) is 12.8. The second-order valence-corrected chi connectivity index (χ2v) is 7.48. The zero-order chi connectivity index (χ0) is 17.2. The minimum absolute atomic E-state index is 0.146. The van der Waals surface area contributed by atoms with Crippen LogP contribution in [0.25, 0.3) is 11.1 Å². The number of benzene rings is 2. The highest BCUT2D eigenvalue weighted by molar-refractivity contribution is 7.92. The van der Waals surface area contributed by atoms with E-state index in [0.29, 0.717) is 24.2 Å². The summed E-state index contributed by atoms with van der Waals surface area (Å²) in [5.74, 6) is -1.07. The minimum atomic E-state index is -3.64.